The maximum absolute atomic E-state index is 14.4. The predicted molar refractivity (Wildman–Crippen MR) is 113 cm³/mol. The first kappa shape index (κ1) is 20.2. The number of nitrogens with zero attached hydrogens (tertiary/aromatic N) is 2. The number of nitrogens with one attached hydrogen (secondary N) is 2. The smallest absolute Gasteiger partial charge is 0.267 e. The first-order chi connectivity index (χ1) is 14.0. The summed E-state index contributed by atoms with van der Waals surface area (Å²) in [6.45, 7) is 4.96. The van der Waals surface area contributed by atoms with Crippen LogP contribution in [0.15, 0.2) is 23.0 Å². The Morgan fingerprint density at radius 3 is 2.86 bits per heavy atom. The molecule has 2 aliphatic rings. The lowest BCUT2D eigenvalue weighted by molar-refractivity contribution is 0.346. The van der Waals surface area contributed by atoms with Crippen molar-refractivity contribution in [3.05, 3.63) is 62.3 Å². The molecule has 1 fully saturated rings. The minimum atomic E-state index is -0.173. The van der Waals surface area contributed by atoms with Crippen molar-refractivity contribution in [3.63, 3.8) is 0 Å². The highest BCUT2D eigenvalue weighted by atomic mass is 19.1. The topological polar surface area (TPSA) is 61.0 Å². The molecule has 1 aliphatic carbocycles. The van der Waals surface area contributed by atoms with Crippen LogP contribution < -0.4 is 10.9 Å². The number of hydrogen-bond acceptors (Lipinski definition) is 4. The average molecular weight is 399 g/mol. The van der Waals surface area contributed by atoms with E-state index in [-0.39, 0.29) is 11.4 Å². The van der Waals surface area contributed by atoms with Crippen molar-refractivity contribution < 1.29 is 4.39 Å². The Morgan fingerprint density at radius 2 is 2.10 bits per heavy atom. The fourth-order valence-corrected chi connectivity index (χ4v) is 4.76. The van der Waals surface area contributed by atoms with Crippen LogP contribution in [-0.4, -0.2) is 41.3 Å². The fourth-order valence-electron chi connectivity index (χ4n) is 4.76. The summed E-state index contributed by atoms with van der Waals surface area (Å²) in [6, 6.07) is 5.68. The van der Waals surface area contributed by atoms with Gasteiger partial charge in [-0.15, -0.1) is 0 Å². The number of aromatic amines is 1. The van der Waals surface area contributed by atoms with Gasteiger partial charge in [0.2, 0.25) is 0 Å². The molecule has 0 bridgehead atoms. The third-order valence-corrected chi connectivity index (χ3v) is 6.61. The summed E-state index contributed by atoms with van der Waals surface area (Å²) in [7, 11) is 2.15. The third-order valence-electron chi connectivity index (χ3n) is 6.61. The van der Waals surface area contributed by atoms with Crippen molar-refractivity contribution in [1.29, 1.82) is 0 Å². The van der Waals surface area contributed by atoms with Gasteiger partial charge in [-0.1, -0.05) is 12.1 Å². The Hall–Kier alpha value is -2.05. The number of halogens is 1. The van der Waals surface area contributed by atoms with Gasteiger partial charge in [-0.3, -0.25) is 4.79 Å². The molecule has 0 amide bonds. The molecule has 0 radical (unpaired) electrons. The lowest BCUT2D eigenvalue weighted by Crippen LogP contribution is -2.34. The molecule has 1 aromatic heterocycles. The molecule has 0 spiro atoms. The molecule has 156 valence electrons. The van der Waals surface area contributed by atoms with Crippen LogP contribution in [0, 0.1) is 11.7 Å². The van der Waals surface area contributed by atoms with Crippen molar-refractivity contribution in [1.82, 2.24) is 20.4 Å². The number of H-pyrrole nitrogens is 1. The average Bonchev–Trinajstić information content (AvgIpc) is 3.17. The van der Waals surface area contributed by atoms with E-state index < -0.39 is 0 Å². The molecule has 2 unspecified atom stereocenters. The summed E-state index contributed by atoms with van der Waals surface area (Å²) in [5, 5.41) is 10.5. The summed E-state index contributed by atoms with van der Waals surface area (Å²) in [5.74, 6) is 0.441. The highest BCUT2D eigenvalue weighted by Gasteiger charge is 2.24. The lowest BCUT2D eigenvalue weighted by Gasteiger charge is -2.21. The van der Waals surface area contributed by atoms with Crippen LogP contribution in [0.2, 0.25) is 0 Å². The van der Waals surface area contributed by atoms with Gasteiger partial charge in [-0.25, -0.2) is 9.49 Å². The van der Waals surface area contributed by atoms with Crippen molar-refractivity contribution >= 4 is 0 Å². The van der Waals surface area contributed by atoms with E-state index in [2.05, 4.69) is 34.4 Å². The molecule has 4 rings (SSSR count). The van der Waals surface area contributed by atoms with E-state index in [1.807, 2.05) is 12.1 Å². The Balaban J connectivity index is 1.47. The molecule has 0 saturated carbocycles. The molecule has 1 aliphatic heterocycles. The molecule has 2 aromatic rings. The van der Waals surface area contributed by atoms with E-state index >= 15 is 0 Å². The van der Waals surface area contributed by atoms with Crippen LogP contribution in [0.1, 0.15) is 54.1 Å². The van der Waals surface area contributed by atoms with Gasteiger partial charge in [-0.05, 0) is 75.7 Å². The van der Waals surface area contributed by atoms with Crippen LogP contribution in [0.3, 0.4) is 0 Å². The van der Waals surface area contributed by atoms with Crippen molar-refractivity contribution in [2.75, 3.05) is 20.1 Å². The van der Waals surface area contributed by atoms with Gasteiger partial charge in [0.15, 0.2) is 0 Å². The molecule has 2 N–H and O–H groups in total. The number of likely N-dealkylation sites (tertiary alicyclic amines) is 1. The third kappa shape index (κ3) is 4.59. The van der Waals surface area contributed by atoms with E-state index in [0.29, 0.717) is 30.5 Å². The van der Waals surface area contributed by atoms with Gasteiger partial charge in [0.05, 0.1) is 5.69 Å². The summed E-state index contributed by atoms with van der Waals surface area (Å²) in [5.41, 5.74) is 4.58. The van der Waals surface area contributed by atoms with Gasteiger partial charge in [0, 0.05) is 36.7 Å². The van der Waals surface area contributed by atoms with Crippen molar-refractivity contribution in [2.45, 2.75) is 58.0 Å². The second-order valence-electron chi connectivity index (χ2n) is 8.75. The molecular formula is C23H31FN4O. The minimum absolute atomic E-state index is 0.0565. The van der Waals surface area contributed by atoms with E-state index in [1.54, 1.807) is 6.07 Å². The quantitative estimate of drug-likeness (QED) is 0.786. The summed E-state index contributed by atoms with van der Waals surface area (Å²) < 4.78 is 14.4. The predicted octanol–water partition coefficient (Wildman–Crippen LogP) is 2.81. The molecule has 2 heterocycles. The van der Waals surface area contributed by atoms with Gasteiger partial charge in [0.25, 0.3) is 5.56 Å². The standard InChI is InChI=1S/C23H31FN4O/c1-15(17-9-10-28(2)14-17)25-13-18-11-16(7-8-21(18)24)12-22-19-5-3-4-6-20(19)23(29)27-26-22/h7-8,11,15,17,25H,3-6,9-10,12-14H2,1-2H3,(H,27,29). The molecule has 1 aromatic carbocycles. The fraction of sp³-hybridized carbons (Fsp3) is 0.565. The summed E-state index contributed by atoms with van der Waals surface area (Å²) in [4.78, 5) is 14.4. The number of fused-ring (bicyclic) bond motifs is 1. The zero-order valence-electron chi connectivity index (χ0n) is 17.4. The molecule has 2 atom stereocenters. The highest BCUT2D eigenvalue weighted by Crippen LogP contribution is 2.23. The number of hydrogen-bond donors (Lipinski definition) is 2. The first-order valence-electron chi connectivity index (χ1n) is 10.8. The number of rotatable bonds is 6. The minimum Gasteiger partial charge on any atom is -0.310 e. The van der Waals surface area contributed by atoms with E-state index in [9.17, 15) is 9.18 Å². The lowest BCUT2D eigenvalue weighted by atomic mass is 9.90. The summed E-state index contributed by atoms with van der Waals surface area (Å²) >= 11 is 0. The Kier molecular flexibility index (Phi) is 6.11. The SMILES string of the molecule is CC(NCc1cc(Cc2n[nH]c(=O)c3c2CCCC3)ccc1F)C1CCN(C)C1. The van der Waals surface area contributed by atoms with Crippen molar-refractivity contribution in [3.8, 4) is 0 Å². The van der Waals surface area contributed by atoms with Crippen LogP contribution in [-0.2, 0) is 25.8 Å². The molecule has 6 heteroatoms. The molecule has 5 nitrogen and oxygen atoms in total. The highest BCUT2D eigenvalue weighted by molar-refractivity contribution is 5.35. The Labute approximate surface area is 171 Å². The monoisotopic (exact) mass is 398 g/mol. The van der Waals surface area contributed by atoms with Gasteiger partial charge < -0.3 is 10.2 Å². The number of aromatic nitrogens is 2. The van der Waals surface area contributed by atoms with E-state index in [1.165, 1.54) is 6.42 Å². The van der Waals surface area contributed by atoms with E-state index in [0.717, 1.165) is 61.2 Å². The zero-order valence-corrected chi connectivity index (χ0v) is 17.4. The van der Waals surface area contributed by atoms with Gasteiger partial charge in [0.1, 0.15) is 5.82 Å². The van der Waals surface area contributed by atoms with Crippen LogP contribution >= 0.6 is 0 Å². The molecule has 29 heavy (non-hydrogen) atoms. The second kappa shape index (κ2) is 8.76. The molecular weight excluding hydrogens is 367 g/mol. The summed E-state index contributed by atoms with van der Waals surface area (Å²) in [6.07, 6.45) is 5.70. The van der Waals surface area contributed by atoms with Gasteiger partial charge in [-0.2, -0.15) is 5.10 Å². The van der Waals surface area contributed by atoms with Crippen LogP contribution in [0.5, 0.6) is 0 Å². The van der Waals surface area contributed by atoms with E-state index in [4.69, 9.17) is 0 Å². The van der Waals surface area contributed by atoms with Gasteiger partial charge >= 0.3 is 0 Å². The second-order valence-corrected chi connectivity index (χ2v) is 8.75. The maximum atomic E-state index is 14.4. The zero-order chi connectivity index (χ0) is 20.4. The van der Waals surface area contributed by atoms with Crippen molar-refractivity contribution in [2.24, 2.45) is 5.92 Å². The number of benzene rings is 1. The normalized spacial score (nSPS) is 20.6. The molecule has 1 saturated heterocycles. The maximum Gasteiger partial charge on any atom is 0.267 e. The Morgan fingerprint density at radius 1 is 1.31 bits per heavy atom. The Bertz CT molecular complexity index is 926. The first-order valence-corrected chi connectivity index (χ1v) is 10.8. The van der Waals surface area contributed by atoms with Crippen LogP contribution in [0.4, 0.5) is 4.39 Å². The largest absolute Gasteiger partial charge is 0.310 e. The van der Waals surface area contributed by atoms with Crippen LogP contribution in [0.25, 0.3) is 0 Å².